The van der Waals surface area contributed by atoms with E-state index in [1.54, 1.807) is 24.3 Å². The minimum absolute atomic E-state index is 0.0109. The van der Waals surface area contributed by atoms with E-state index < -0.39 is 23.6 Å². The molecule has 2 aromatic carbocycles. The third-order valence-electron chi connectivity index (χ3n) is 5.42. The van der Waals surface area contributed by atoms with Crippen molar-refractivity contribution in [2.45, 2.75) is 18.9 Å². The summed E-state index contributed by atoms with van der Waals surface area (Å²) in [6, 6.07) is 13.2. The SMILES string of the molecule is O=C(O)C1CN(C(=O)C2CC(=O)N(c3ccccc3F)C2)Cc2ccccc21. The number of rotatable bonds is 3. The van der Waals surface area contributed by atoms with E-state index in [9.17, 15) is 23.9 Å². The van der Waals surface area contributed by atoms with E-state index in [-0.39, 0.29) is 37.0 Å². The molecular formula is C21H19FN2O4. The summed E-state index contributed by atoms with van der Waals surface area (Å²) in [6.07, 6.45) is -0.0109. The fourth-order valence-corrected chi connectivity index (χ4v) is 4.02. The maximum absolute atomic E-state index is 14.0. The molecule has 0 aliphatic carbocycles. The molecule has 2 amide bonds. The maximum Gasteiger partial charge on any atom is 0.312 e. The first-order valence-electron chi connectivity index (χ1n) is 9.10. The van der Waals surface area contributed by atoms with Crippen molar-refractivity contribution in [3.8, 4) is 0 Å². The van der Waals surface area contributed by atoms with Crippen LogP contribution in [0.2, 0.25) is 0 Å². The Hall–Kier alpha value is -3.22. The van der Waals surface area contributed by atoms with Gasteiger partial charge >= 0.3 is 5.97 Å². The molecule has 4 rings (SSSR count). The van der Waals surface area contributed by atoms with Gasteiger partial charge in [0.1, 0.15) is 5.82 Å². The van der Waals surface area contributed by atoms with Crippen LogP contribution in [0.5, 0.6) is 0 Å². The van der Waals surface area contributed by atoms with Crippen LogP contribution in [0.3, 0.4) is 0 Å². The highest BCUT2D eigenvalue weighted by atomic mass is 19.1. The lowest BCUT2D eigenvalue weighted by atomic mass is 9.89. The molecule has 28 heavy (non-hydrogen) atoms. The molecule has 0 radical (unpaired) electrons. The first-order chi connectivity index (χ1) is 13.5. The van der Waals surface area contributed by atoms with Gasteiger partial charge in [-0.3, -0.25) is 14.4 Å². The third kappa shape index (κ3) is 3.13. The number of carbonyl (C=O) groups is 3. The van der Waals surface area contributed by atoms with Gasteiger partial charge in [-0.05, 0) is 23.3 Å². The highest BCUT2D eigenvalue weighted by molar-refractivity contribution is 6.00. The van der Waals surface area contributed by atoms with Gasteiger partial charge in [-0.15, -0.1) is 0 Å². The molecule has 6 nitrogen and oxygen atoms in total. The van der Waals surface area contributed by atoms with Crippen molar-refractivity contribution in [1.29, 1.82) is 0 Å². The molecule has 144 valence electrons. The van der Waals surface area contributed by atoms with Crippen LogP contribution in [0.25, 0.3) is 0 Å². The minimum atomic E-state index is -0.986. The molecule has 0 aromatic heterocycles. The number of amides is 2. The summed E-state index contributed by atoms with van der Waals surface area (Å²) in [6.45, 7) is 0.466. The number of halogens is 1. The van der Waals surface area contributed by atoms with Gasteiger partial charge in [0.05, 0.1) is 17.5 Å². The van der Waals surface area contributed by atoms with Crippen LogP contribution in [0.4, 0.5) is 10.1 Å². The van der Waals surface area contributed by atoms with Crippen LogP contribution in [0.15, 0.2) is 48.5 Å². The summed E-state index contributed by atoms with van der Waals surface area (Å²) in [4.78, 5) is 39.9. The summed E-state index contributed by atoms with van der Waals surface area (Å²) in [5.41, 5.74) is 1.68. The van der Waals surface area contributed by atoms with E-state index >= 15 is 0 Å². The monoisotopic (exact) mass is 382 g/mol. The van der Waals surface area contributed by atoms with Crippen molar-refractivity contribution in [2.75, 3.05) is 18.0 Å². The van der Waals surface area contributed by atoms with E-state index in [2.05, 4.69) is 0 Å². The van der Waals surface area contributed by atoms with Crippen molar-refractivity contribution >= 4 is 23.5 Å². The van der Waals surface area contributed by atoms with Gasteiger partial charge in [-0.25, -0.2) is 4.39 Å². The summed E-state index contributed by atoms with van der Waals surface area (Å²) in [7, 11) is 0. The molecule has 1 N–H and O–H groups in total. The van der Waals surface area contributed by atoms with Crippen LogP contribution in [0, 0.1) is 11.7 Å². The largest absolute Gasteiger partial charge is 0.481 e. The predicted octanol–water partition coefficient (Wildman–Crippen LogP) is 2.39. The normalized spacial score (nSPS) is 21.5. The highest BCUT2D eigenvalue weighted by Crippen LogP contribution is 2.32. The summed E-state index contributed by atoms with van der Waals surface area (Å²) >= 11 is 0. The van der Waals surface area contributed by atoms with Crippen molar-refractivity contribution in [2.24, 2.45) is 5.92 Å². The average Bonchev–Trinajstić information content (AvgIpc) is 3.08. The Morgan fingerprint density at radius 1 is 1.04 bits per heavy atom. The van der Waals surface area contributed by atoms with Gasteiger partial charge in [0.15, 0.2) is 0 Å². The second kappa shape index (κ2) is 7.07. The summed E-state index contributed by atoms with van der Waals surface area (Å²) < 4.78 is 14.0. The molecular weight excluding hydrogens is 363 g/mol. The topological polar surface area (TPSA) is 77.9 Å². The van der Waals surface area contributed by atoms with Crippen LogP contribution in [0.1, 0.15) is 23.5 Å². The molecule has 0 bridgehead atoms. The van der Waals surface area contributed by atoms with Crippen molar-refractivity contribution < 1.29 is 23.9 Å². The minimum Gasteiger partial charge on any atom is -0.481 e. The summed E-state index contributed by atoms with van der Waals surface area (Å²) in [5.74, 6) is -3.49. The number of benzene rings is 2. The quantitative estimate of drug-likeness (QED) is 0.884. The Bertz CT molecular complexity index is 961. The van der Waals surface area contributed by atoms with Crippen LogP contribution in [-0.2, 0) is 20.9 Å². The van der Waals surface area contributed by atoms with E-state index in [0.29, 0.717) is 6.54 Å². The van der Waals surface area contributed by atoms with Gasteiger partial charge in [0.25, 0.3) is 0 Å². The molecule has 1 fully saturated rings. The first-order valence-corrected chi connectivity index (χ1v) is 9.10. The Labute approximate surface area is 161 Å². The molecule has 2 unspecified atom stereocenters. The number of para-hydroxylation sites is 1. The van der Waals surface area contributed by atoms with E-state index in [1.807, 2.05) is 12.1 Å². The van der Waals surface area contributed by atoms with Crippen LogP contribution < -0.4 is 4.90 Å². The zero-order chi connectivity index (χ0) is 19.8. The Balaban J connectivity index is 1.55. The molecule has 0 saturated carbocycles. The van der Waals surface area contributed by atoms with E-state index in [1.165, 1.54) is 21.9 Å². The van der Waals surface area contributed by atoms with Gasteiger partial charge in [-0.1, -0.05) is 36.4 Å². The number of hydrogen-bond acceptors (Lipinski definition) is 3. The highest BCUT2D eigenvalue weighted by Gasteiger charge is 2.40. The zero-order valence-corrected chi connectivity index (χ0v) is 15.0. The Morgan fingerprint density at radius 2 is 1.75 bits per heavy atom. The molecule has 2 aliphatic heterocycles. The maximum atomic E-state index is 14.0. The lowest BCUT2D eigenvalue weighted by Gasteiger charge is -2.34. The lowest BCUT2D eigenvalue weighted by Crippen LogP contribution is -2.44. The third-order valence-corrected chi connectivity index (χ3v) is 5.42. The number of nitrogens with zero attached hydrogens (tertiary/aromatic N) is 2. The van der Waals surface area contributed by atoms with Gasteiger partial charge in [0.2, 0.25) is 11.8 Å². The van der Waals surface area contributed by atoms with Gasteiger partial charge < -0.3 is 14.9 Å². The van der Waals surface area contributed by atoms with Gasteiger partial charge in [0, 0.05) is 26.1 Å². The fourth-order valence-electron chi connectivity index (χ4n) is 4.02. The van der Waals surface area contributed by atoms with E-state index in [4.69, 9.17) is 0 Å². The van der Waals surface area contributed by atoms with E-state index in [0.717, 1.165) is 11.1 Å². The number of carbonyl (C=O) groups excluding carboxylic acids is 2. The number of carboxylic acid groups (broad SMARTS) is 1. The molecule has 2 heterocycles. The number of anilines is 1. The smallest absolute Gasteiger partial charge is 0.312 e. The number of fused-ring (bicyclic) bond motifs is 1. The van der Waals surface area contributed by atoms with Crippen molar-refractivity contribution in [1.82, 2.24) is 4.90 Å². The first kappa shape index (κ1) is 18.2. The standard InChI is InChI=1S/C21H19FN2O4/c22-17-7-3-4-8-18(17)24-11-14(9-19(24)25)20(26)23-10-13-5-1-2-6-15(13)16(12-23)21(27)28/h1-8,14,16H,9-12H2,(H,27,28). The Morgan fingerprint density at radius 3 is 2.50 bits per heavy atom. The lowest BCUT2D eigenvalue weighted by molar-refractivity contribution is -0.142. The molecule has 1 saturated heterocycles. The predicted molar refractivity (Wildman–Crippen MR) is 99.1 cm³/mol. The second-order valence-electron chi connectivity index (χ2n) is 7.17. The number of aliphatic carboxylic acids is 1. The molecule has 2 aromatic rings. The molecule has 2 atom stereocenters. The molecule has 0 spiro atoms. The Kier molecular flexibility index (Phi) is 4.58. The number of hydrogen-bond donors (Lipinski definition) is 1. The average molecular weight is 382 g/mol. The van der Waals surface area contributed by atoms with Crippen molar-refractivity contribution in [3.63, 3.8) is 0 Å². The van der Waals surface area contributed by atoms with Crippen LogP contribution >= 0.6 is 0 Å². The van der Waals surface area contributed by atoms with Gasteiger partial charge in [-0.2, -0.15) is 0 Å². The van der Waals surface area contributed by atoms with Crippen molar-refractivity contribution in [3.05, 3.63) is 65.5 Å². The second-order valence-corrected chi connectivity index (χ2v) is 7.17. The zero-order valence-electron chi connectivity index (χ0n) is 15.0. The molecule has 7 heteroatoms. The van der Waals surface area contributed by atoms with Crippen LogP contribution in [-0.4, -0.2) is 40.9 Å². The fraction of sp³-hybridized carbons (Fsp3) is 0.286. The summed E-state index contributed by atoms with van der Waals surface area (Å²) in [5, 5.41) is 9.57. The number of carboxylic acids is 1. The molecule has 2 aliphatic rings.